The molecular formula is C6H12NO2P. The van der Waals surface area contributed by atoms with Crippen molar-refractivity contribution in [1.29, 1.82) is 0 Å². The average molecular weight is 161 g/mol. The highest BCUT2D eigenvalue weighted by Crippen LogP contribution is 2.03. The first kappa shape index (κ1) is 9.44. The molecule has 0 spiro atoms. The fourth-order valence-electron chi connectivity index (χ4n) is 0.429. The number of hydrogen-bond acceptors (Lipinski definition) is 3. The number of rotatable bonds is 2. The van der Waals surface area contributed by atoms with Crippen molar-refractivity contribution in [3.05, 3.63) is 11.3 Å². The van der Waals surface area contributed by atoms with E-state index >= 15 is 0 Å². The zero-order valence-electron chi connectivity index (χ0n) is 6.39. The smallest absolute Gasteiger partial charge is 0.337 e. The Balaban J connectivity index is 4.30. The highest BCUT2D eigenvalue weighted by Gasteiger charge is 2.05. The Kier molecular flexibility index (Phi) is 4.05. The van der Waals surface area contributed by atoms with Crippen molar-refractivity contribution >= 4 is 15.4 Å². The molecule has 1 N–H and O–H groups in total. The van der Waals surface area contributed by atoms with Gasteiger partial charge in [-0.15, -0.1) is 0 Å². The van der Waals surface area contributed by atoms with E-state index in [4.69, 9.17) is 0 Å². The van der Waals surface area contributed by atoms with Gasteiger partial charge in [0.25, 0.3) is 0 Å². The second-order valence-corrected chi connectivity index (χ2v) is 2.14. The summed E-state index contributed by atoms with van der Waals surface area (Å²) in [6, 6.07) is 0. The van der Waals surface area contributed by atoms with Crippen molar-refractivity contribution in [1.82, 2.24) is 5.32 Å². The van der Waals surface area contributed by atoms with E-state index in [1.807, 2.05) is 16.4 Å². The second kappa shape index (κ2) is 4.29. The van der Waals surface area contributed by atoms with Gasteiger partial charge in [-0.3, -0.25) is 0 Å². The van der Waals surface area contributed by atoms with Gasteiger partial charge in [0.05, 0.1) is 15.0 Å². The van der Waals surface area contributed by atoms with Gasteiger partial charge >= 0.3 is 5.97 Å². The summed E-state index contributed by atoms with van der Waals surface area (Å²) in [5.74, 6) is -0.322. The molecule has 0 aromatic rings. The summed E-state index contributed by atoms with van der Waals surface area (Å²) in [6.07, 6.45) is 0. The van der Waals surface area contributed by atoms with Crippen LogP contribution >= 0.6 is 9.47 Å². The molecule has 1 atom stereocenters. The molecule has 0 radical (unpaired) electrons. The van der Waals surface area contributed by atoms with Crippen molar-refractivity contribution in [2.45, 2.75) is 13.8 Å². The zero-order chi connectivity index (χ0) is 8.15. The maximum atomic E-state index is 10.8. The summed E-state index contributed by atoms with van der Waals surface area (Å²) >= 11 is 0. The summed E-state index contributed by atoms with van der Waals surface area (Å²) < 4.78 is 4.41. The molecule has 0 saturated carbocycles. The molecule has 0 aliphatic heterocycles. The highest BCUT2D eigenvalue weighted by atomic mass is 31.0. The van der Waals surface area contributed by atoms with Crippen LogP contribution in [0.4, 0.5) is 0 Å². The predicted octanol–water partition coefficient (Wildman–Crippen LogP) is 0.833. The largest absolute Gasteiger partial charge is 0.448 e. The van der Waals surface area contributed by atoms with E-state index in [9.17, 15) is 4.79 Å². The molecule has 0 bridgehead atoms. The molecule has 0 rings (SSSR count). The molecule has 4 heteroatoms. The van der Waals surface area contributed by atoms with Crippen LogP contribution in [0.5, 0.6) is 0 Å². The molecule has 0 aromatic heterocycles. The van der Waals surface area contributed by atoms with Gasteiger partial charge in [0.2, 0.25) is 0 Å². The summed E-state index contributed by atoms with van der Waals surface area (Å²) in [5.41, 5.74) is 1.42. The Morgan fingerprint density at radius 2 is 2.00 bits per heavy atom. The number of nitrogens with one attached hydrogen (secondary N) is 1. The molecular weight excluding hydrogens is 149 g/mol. The number of allylic oxidation sites excluding steroid dienone is 1. The molecule has 0 heterocycles. The lowest BCUT2D eigenvalue weighted by Crippen LogP contribution is -2.10. The third kappa shape index (κ3) is 2.36. The Morgan fingerprint density at radius 1 is 1.50 bits per heavy atom. The summed E-state index contributed by atoms with van der Waals surface area (Å²) in [4.78, 5) is 10.8. The minimum Gasteiger partial charge on any atom is -0.448 e. The summed E-state index contributed by atoms with van der Waals surface area (Å²) in [5, 5.41) is 2.85. The lowest BCUT2D eigenvalue weighted by atomic mass is 10.2. The normalized spacial score (nSPS) is 12.0. The van der Waals surface area contributed by atoms with Crippen LogP contribution in [-0.4, -0.2) is 13.0 Å². The minimum absolute atomic E-state index is 0.322. The van der Waals surface area contributed by atoms with Gasteiger partial charge in [0.15, 0.2) is 0 Å². The lowest BCUT2D eigenvalue weighted by Gasteiger charge is -2.03. The summed E-state index contributed by atoms with van der Waals surface area (Å²) in [7, 11) is 3.68. The molecule has 3 nitrogen and oxygen atoms in total. The standard InChI is InChI=1S/C6H12NO2P/c1-4(5(2)7-3)6(8)9-10/h7H,10H2,1-3H3/b5-4-. The fraction of sp³-hybridized carbons (Fsp3) is 0.500. The molecule has 0 aliphatic rings. The topological polar surface area (TPSA) is 38.3 Å². The Labute approximate surface area is 63.1 Å². The average Bonchev–Trinajstić information content (AvgIpc) is 2.00. The molecule has 0 aromatic carbocycles. The first-order chi connectivity index (χ1) is 4.63. The number of carbonyl (C=O) groups excluding carboxylic acids is 1. The van der Waals surface area contributed by atoms with Gasteiger partial charge < -0.3 is 9.84 Å². The Hall–Kier alpha value is -0.560. The van der Waals surface area contributed by atoms with Crippen LogP contribution in [-0.2, 0) is 9.32 Å². The van der Waals surface area contributed by atoms with E-state index in [2.05, 4.69) is 9.84 Å². The molecule has 0 saturated heterocycles. The monoisotopic (exact) mass is 161 g/mol. The van der Waals surface area contributed by atoms with E-state index in [0.29, 0.717) is 5.57 Å². The third-order valence-corrected chi connectivity index (χ3v) is 1.56. The van der Waals surface area contributed by atoms with Crippen LogP contribution in [0.15, 0.2) is 11.3 Å². The second-order valence-electron chi connectivity index (χ2n) is 1.91. The minimum atomic E-state index is -0.322. The van der Waals surface area contributed by atoms with Crippen LogP contribution in [0.25, 0.3) is 0 Å². The number of carbonyl (C=O) groups is 1. The molecule has 1 unspecified atom stereocenters. The zero-order valence-corrected chi connectivity index (χ0v) is 7.55. The van der Waals surface area contributed by atoms with Crippen LogP contribution in [0.1, 0.15) is 13.8 Å². The predicted molar refractivity (Wildman–Crippen MR) is 43.2 cm³/mol. The van der Waals surface area contributed by atoms with Gasteiger partial charge in [-0.1, -0.05) is 0 Å². The molecule has 0 aliphatic carbocycles. The van der Waals surface area contributed by atoms with Gasteiger partial charge in [-0.05, 0) is 13.8 Å². The van der Waals surface area contributed by atoms with Crippen molar-refractivity contribution in [2.75, 3.05) is 7.05 Å². The van der Waals surface area contributed by atoms with Gasteiger partial charge in [-0.25, -0.2) is 4.79 Å². The van der Waals surface area contributed by atoms with Gasteiger partial charge in [0, 0.05) is 12.7 Å². The summed E-state index contributed by atoms with van der Waals surface area (Å²) in [6.45, 7) is 3.52. The van der Waals surface area contributed by atoms with Crippen molar-refractivity contribution in [2.24, 2.45) is 0 Å². The molecule has 10 heavy (non-hydrogen) atoms. The highest BCUT2D eigenvalue weighted by molar-refractivity contribution is 7.10. The van der Waals surface area contributed by atoms with Crippen LogP contribution in [0.2, 0.25) is 0 Å². The van der Waals surface area contributed by atoms with Gasteiger partial charge in [0.1, 0.15) is 0 Å². The van der Waals surface area contributed by atoms with Crippen molar-refractivity contribution < 1.29 is 9.32 Å². The maximum absolute atomic E-state index is 10.8. The van der Waals surface area contributed by atoms with Gasteiger partial charge in [-0.2, -0.15) is 0 Å². The van der Waals surface area contributed by atoms with E-state index in [-0.39, 0.29) is 5.97 Å². The molecule has 0 amide bonds. The quantitative estimate of drug-likeness (QED) is 0.481. The van der Waals surface area contributed by atoms with E-state index in [1.165, 1.54) is 0 Å². The molecule has 58 valence electrons. The van der Waals surface area contributed by atoms with Crippen LogP contribution < -0.4 is 5.32 Å². The first-order valence-electron chi connectivity index (χ1n) is 2.89. The van der Waals surface area contributed by atoms with Crippen LogP contribution in [0, 0.1) is 0 Å². The lowest BCUT2D eigenvalue weighted by molar-refractivity contribution is -0.129. The Morgan fingerprint density at radius 3 is 2.30 bits per heavy atom. The third-order valence-electron chi connectivity index (χ3n) is 1.35. The Bertz CT molecular complexity index is 165. The van der Waals surface area contributed by atoms with E-state index in [0.717, 1.165) is 5.70 Å². The van der Waals surface area contributed by atoms with E-state index in [1.54, 1.807) is 14.0 Å². The van der Waals surface area contributed by atoms with Crippen molar-refractivity contribution in [3.63, 3.8) is 0 Å². The fourth-order valence-corrected chi connectivity index (χ4v) is 0.606. The number of hydrogen-bond donors (Lipinski definition) is 1. The first-order valence-corrected chi connectivity index (χ1v) is 3.37. The SMILES string of the molecule is CN/C(C)=C(/C)C(=O)OP. The van der Waals surface area contributed by atoms with E-state index < -0.39 is 0 Å². The maximum Gasteiger partial charge on any atom is 0.337 e. The van der Waals surface area contributed by atoms with Crippen LogP contribution in [0.3, 0.4) is 0 Å². The molecule has 0 fully saturated rings. The van der Waals surface area contributed by atoms with Crippen molar-refractivity contribution in [3.8, 4) is 0 Å².